The molecular weight excluding hydrogens is 599 g/mol. The molecule has 2 aromatic heterocycles. The lowest BCUT2D eigenvalue weighted by atomic mass is 9.55. The van der Waals surface area contributed by atoms with Crippen molar-refractivity contribution in [2.75, 3.05) is 0 Å². The van der Waals surface area contributed by atoms with Crippen molar-refractivity contribution in [3.05, 3.63) is 151 Å². The molecular formula is C46H35NS. The molecule has 48 heavy (non-hydrogen) atoms. The number of hydrogen-bond donors (Lipinski definition) is 0. The van der Waals surface area contributed by atoms with Crippen LogP contribution in [0.25, 0.3) is 80.7 Å². The zero-order valence-electron chi connectivity index (χ0n) is 27.6. The van der Waals surface area contributed by atoms with Crippen LogP contribution >= 0.6 is 11.3 Å². The molecule has 1 aliphatic carbocycles. The summed E-state index contributed by atoms with van der Waals surface area (Å²) in [5, 5.41) is 7.99. The fourth-order valence-corrected chi connectivity index (χ4v) is 9.81. The summed E-state index contributed by atoms with van der Waals surface area (Å²) in [7, 11) is 0. The van der Waals surface area contributed by atoms with Crippen LogP contribution in [0, 0.1) is 0 Å². The summed E-state index contributed by atoms with van der Waals surface area (Å²) in [4.78, 5) is 0. The number of fused-ring (bicyclic) bond motifs is 12. The van der Waals surface area contributed by atoms with Gasteiger partial charge >= 0.3 is 0 Å². The van der Waals surface area contributed by atoms with E-state index in [9.17, 15) is 0 Å². The van der Waals surface area contributed by atoms with E-state index < -0.39 is 0 Å². The molecule has 2 heteroatoms. The van der Waals surface area contributed by atoms with Crippen LogP contribution in [-0.4, -0.2) is 4.57 Å². The Morgan fingerprint density at radius 2 is 1.12 bits per heavy atom. The summed E-state index contributed by atoms with van der Waals surface area (Å²) >= 11 is 1.96. The number of hydrogen-bond acceptors (Lipinski definition) is 1. The number of benzene rings is 7. The molecule has 9 aromatic rings. The average Bonchev–Trinajstić information content (AvgIpc) is 3.67. The molecule has 0 fully saturated rings. The van der Waals surface area contributed by atoms with Crippen LogP contribution in [-0.2, 0) is 10.8 Å². The van der Waals surface area contributed by atoms with Crippen LogP contribution in [0.1, 0.15) is 38.8 Å². The van der Waals surface area contributed by atoms with Crippen LogP contribution in [0.2, 0.25) is 0 Å². The third kappa shape index (κ3) is 3.61. The number of thiophene rings is 1. The highest BCUT2D eigenvalue weighted by Gasteiger charge is 2.46. The Morgan fingerprint density at radius 3 is 1.85 bits per heavy atom. The normalized spacial score (nSPS) is 15.0. The minimum absolute atomic E-state index is 0.0548. The van der Waals surface area contributed by atoms with E-state index in [1.54, 1.807) is 0 Å². The Morgan fingerprint density at radius 1 is 0.500 bits per heavy atom. The van der Waals surface area contributed by atoms with Crippen molar-refractivity contribution < 1.29 is 0 Å². The van der Waals surface area contributed by atoms with E-state index in [0.717, 1.165) is 0 Å². The van der Waals surface area contributed by atoms with Gasteiger partial charge in [0.05, 0.1) is 11.0 Å². The molecule has 0 aliphatic heterocycles. The van der Waals surface area contributed by atoms with Crippen LogP contribution < -0.4 is 0 Å². The molecule has 10 rings (SSSR count). The van der Waals surface area contributed by atoms with E-state index in [4.69, 9.17) is 0 Å². The van der Waals surface area contributed by atoms with Gasteiger partial charge in [-0.05, 0) is 85.8 Å². The van der Waals surface area contributed by atoms with E-state index >= 15 is 0 Å². The molecule has 1 aliphatic rings. The summed E-state index contributed by atoms with van der Waals surface area (Å²) in [6, 6.07) is 52.1. The molecule has 230 valence electrons. The summed E-state index contributed by atoms with van der Waals surface area (Å²) in [6.45, 7) is 9.76. The van der Waals surface area contributed by atoms with Gasteiger partial charge in [0, 0.05) is 42.2 Å². The highest BCUT2D eigenvalue weighted by Crippen LogP contribution is 2.57. The van der Waals surface area contributed by atoms with Crippen molar-refractivity contribution in [1.29, 1.82) is 0 Å². The first-order valence-corrected chi connectivity index (χ1v) is 17.8. The second-order valence-corrected chi connectivity index (χ2v) is 15.6. The first-order valence-electron chi connectivity index (χ1n) is 16.9. The first kappa shape index (κ1) is 27.9. The van der Waals surface area contributed by atoms with E-state index in [1.807, 2.05) is 11.3 Å². The zero-order valence-corrected chi connectivity index (χ0v) is 28.5. The SMILES string of the molecule is CC1(C)c2cc(-c3ccc(-n4c5ccccc5c5ccccc54)cc3)ccc2-c2c(ccc3c2sc2ccc4ccccc4c23)C1(C)C. The predicted molar refractivity (Wildman–Crippen MR) is 208 cm³/mol. The fourth-order valence-electron chi connectivity index (χ4n) is 8.53. The van der Waals surface area contributed by atoms with Crippen molar-refractivity contribution in [3.63, 3.8) is 0 Å². The van der Waals surface area contributed by atoms with Crippen molar-refractivity contribution in [3.8, 4) is 27.9 Å². The molecule has 1 nitrogen and oxygen atoms in total. The summed E-state index contributed by atoms with van der Waals surface area (Å²) in [5.74, 6) is 0. The molecule has 0 amide bonds. The van der Waals surface area contributed by atoms with Crippen LogP contribution in [0.4, 0.5) is 0 Å². The zero-order chi connectivity index (χ0) is 32.4. The largest absolute Gasteiger partial charge is 0.309 e. The van der Waals surface area contributed by atoms with Gasteiger partial charge in [-0.1, -0.05) is 131 Å². The van der Waals surface area contributed by atoms with Crippen LogP contribution in [0.15, 0.2) is 140 Å². The second kappa shape index (κ2) is 9.69. The van der Waals surface area contributed by atoms with Gasteiger partial charge in [0.2, 0.25) is 0 Å². The minimum Gasteiger partial charge on any atom is -0.309 e. The lowest BCUT2D eigenvalue weighted by molar-refractivity contribution is 0.299. The fraction of sp³-hybridized carbons (Fsp3) is 0.130. The van der Waals surface area contributed by atoms with Crippen LogP contribution in [0.3, 0.4) is 0 Å². The summed E-state index contributed by atoms with van der Waals surface area (Å²) in [6.07, 6.45) is 0. The monoisotopic (exact) mass is 633 g/mol. The molecule has 0 radical (unpaired) electrons. The third-order valence-electron chi connectivity index (χ3n) is 11.8. The van der Waals surface area contributed by atoms with Crippen molar-refractivity contribution in [2.24, 2.45) is 0 Å². The summed E-state index contributed by atoms with van der Waals surface area (Å²) in [5.41, 5.74) is 11.7. The first-order chi connectivity index (χ1) is 23.3. The lowest BCUT2D eigenvalue weighted by Crippen LogP contribution is -2.43. The number of rotatable bonds is 2. The Bertz CT molecular complexity index is 2720. The molecule has 0 atom stereocenters. The molecule has 0 saturated carbocycles. The molecule has 0 spiro atoms. The van der Waals surface area contributed by atoms with E-state index in [-0.39, 0.29) is 10.8 Å². The number of nitrogens with zero attached hydrogens (tertiary/aromatic N) is 1. The predicted octanol–water partition coefficient (Wildman–Crippen LogP) is 13.2. The Labute approximate surface area is 284 Å². The molecule has 2 heterocycles. The summed E-state index contributed by atoms with van der Waals surface area (Å²) < 4.78 is 5.16. The average molecular weight is 634 g/mol. The second-order valence-electron chi connectivity index (χ2n) is 14.6. The van der Waals surface area contributed by atoms with Gasteiger partial charge in [0.1, 0.15) is 0 Å². The van der Waals surface area contributed by atoms with Gasteiger partial charge in [-0.25, -0.2) is 0 Å². The molecule has 0 bridgehead atoms. The van der Waals surface area contributed by atoms with Crippen molar-refractivity contribution in [1.82, 2.24) is 4.57 Å². The molecule has 0 saturated heterocycles. The van der Waals surface area contributed by atoms with Gasteiger partial charge in [-0.3, -0.25) is 0 Å². The van der Waals surface area contributed by atoms with Gasteiger partial charge in [0.25, 0.3) is 0 Å². The Balaban J connectivity index is 1.15. The smallest absolute Gasteiger partial charge is 0.0541 e. The highest BCUT2D eigenvalue weighted by atomic mass is 32.1. The van der Waals surface area contributed by atoms with Gasteiger partial charge in [-0.15, -0.1) is 11.3 Å². The number of aromatic nitrogens is 1. The minimum atomic E-state index is -0.0642. The molecule has 0 N–H and O–H groups in total. The number of para-hydroxylation sites is 2. The van der Waals surface area contributed by atoms with Crippen LogP contribution in [0.5, 0.6) is 0 Å². The maximum atomic E-state index is 2.48. The standard InChI is InChI=1S/C46H35NS/c1-45(2)37-25-24-36-42-32-12-6-5-11-29(32)20-26-41(42)48-44(36)43(37)35-23-19-30(27-38(35)46(45,3)4)28-17-21-31(22-18-28)47-39-15-9-7-13-33(39)34-14-8-10-16-40(34)47/h5-27H,1-4H3. The maximum Gasteiger partial charge on any atom is 0.0541 e. The third-order valence-corrected chi connectivity index (χ3v) is 13.0. The Hall–Kier alpha value is -5.18. The topological polar surface area (TPSA) is 4.93 Å². The van der Waals surface area contributed by atoms with Crippen molar-refractivity contribution >= 4 is 64.1 Å². The molecule has 0 unspecified atom stereocenters. The molecule has 7 aromatic carbocycles. The quantitative estimate of drug-likeness (QED) is 0.178. The highest BCUT2D eigenvalue weighted by molar-refractivity contribution is 7.26. The van der Waals surface area contributed by atoms with Gasteiger partial charge in [0.15, 0.2) is 0 Å². The van der Waals surface area contributed by atoms with Gasteiger partial charge in [-0.2, -0.15) is 0 Å². The Kier molecular flexibility index (Phi) is 5.63. The van der Waals surface area contributed by atoms with E-state index in [2.05, 4.69) is 172 Å². The van der Waals surface area contributed by atoms with Gasteiger partial charge < -0.3 is 4.57 Å². The maximum absolute atomic E-state index is 2.48. The van der Waals surface area contributed by atoms with E-state index in [0.29, 0.717) is 0 Å². The van der Waals surface area contributed by atoms with Crippen molar-refractivity contribution in [2.45, 2.75) is 38.5 Å². The lowest BCUT2D eigenvalue weighted by Gasteiger charge is -2.48. The van der Waals surface area contributed by atoms with E-state index in [1.165, 1.54) is 91.8 Å².